The van der Waals surface area contributed by atoms with E-state index in [2.05, 4.69) is 29.4 Å². The Labute approximate surface area is 160 Å². The van der Waals surface area contributed by atoms with Gasteiger partial charge in [0.1, 0.15) is 5.01 Å². The van der Waals surface area contributed by atoms with Crippen LogP contribution < -0.4 is 11.1 Å². The van der Waals surface area contributed by atoms with Crippen LogP contribution in [0.4, 0.5) is 5.69 Å². The van der Waals surface area contributed by atoms with Gasteiger partial charge in [0.15, 0.2) is 0 Å². The van der Waals surface area contributed by atoms with Crippen molar-refractivity contribution in [3.05, 3.63) is 48.0 Å². The van der Waals surface area contributed by atoms with Gasteiger partial charge in [0.05, 0.1) is 16.0 Å². The van der Waals surface area contributed by atoms with Gasteiger partial charge in [-0.05, 0) is 48.9 Å². The molecule has 0 atom stereocenters. The number of hydrogen-bond acceptors (Lipinski definition) is 5. The van der Waals surface area contributed by atoms with Crippen LogP contribution in [0.25, 0.3) is 20.8 Å². The van der Waals surface area contributed by atoms with Crippen molar-refractivity contribution >= 4 is 50.8 Å². The molecule has 134 valence electrons. The lowest BCUT2D eigenvalue weighted by Gasteiger charge is -2.05. The topological polar surface area (TPSA) is 85.1 Å². The quantitative estimate of drug-likeness (QED) is 0.606. The lowest BCUT2D eigenvalue weighted by Crippen LogP contribution is -2.15. The zero-order valence-corrected chi connectivity index (χ0v) is 16.0. The van der Waals surface area contributed by atoms with E-state index in [1.165, 1.54) is 22.0 Å². The monoisotopic (exact) mass is 385 g/mol. The standard InChI is InChI=1S/C19H19N3O2S2/c1-12-2-7-15-16(10-12)26-19(22-15)13-3-5-14(6-4-13)21-18(24)8-9-25-11-17(20)23/h2-7,10H,8-9,11H2,1H3,(H2,20,23)(H,21,24). The van der Waals surface area contributed by atoms with Crippen LogP contribution in [-0.4, -0.2) is 28.3 Å². The summed E-state index contributed by atoms with van der Waals surface area (Å²) in [6, 6.07) is 13.9. The van der Waals surface area contributed by atoms with E-state index in [1.807, 2.05) is 30.3 Å². The first kappa shape index (κ1) is 18.4. The van der Waals surface area contributed by atoms with Crippen molar-refractivity contribution in [1.82, 2.24) is 4.98 Å². The average molecular weight is 386 g/mol. The largest absolute Gasteiger partial charge is 0.369 e. The van der Waals surface area contributed by atoms with Gasteiger partial charge in [0, 0.05) is 23.4 Å². The second-order valence-corrected chi connectivity index (χ2v) is 8.02. The second kappa shape index (κ2) is 8.33. The molecule has 3 N–H and O–H groups in total. The summed E-state index contributed by atoms with van der Waals surface area (Å²) >= 11 is 3.02. The predicted molar refractivity (Wildman–Crippen MR) is 110 cm³/mol. The first-order valence-electron chi connectivity index (χ1n) is 8.15. The first-order valence-corrected chi connectivity index (χ1v) is 10.1. The summed E-state index contributed by atoms with van der Waals surface area (Å²) in [5.41, 5.74) is 9.06. The number of hydrogen-bond donors (Lipinski definition) is 2. The van der Waals surface area contributed by atoms with Gasteiger partial charge >= 0.3 is 0 Å². The number of rotatable bonds is 7. The van der Waals surface area contributed by atoms with Crippen molar-refractivity contribution in [2.45, 2.75) is 13.3 Å². The Kier molecular flexibility index (Phi) is 5.90. The molecule has 7 heteroatoms. The Morgan fingerprint density at radius 2 is 1.96 bits per heavy atom. The fourth-order valence-electron chi connectivity index (χ4n) is 2.41. The molecule has 0 radical (unpaired) electrons. The summed E-state index contributed by atoms with van der Waals surface area (Å²) in [5, 5.41) is 3.82. The van der Waals surface area contributed by atoms with E-state index < -0.39 is 0 Å². The minimum absolute atomic E-state index is 0.0785. The Balaban J connectivity index is 1.60. The normalized spacial score (nSPS) is 10.8. The SMILES string of the molecule is Cc1ccc2nc(-c3ccc(NC(=O)CCSCC(N)=O)cc3)sc2c1. The molecule has 3 aromatic rings. The zero-order valence-electron chi connectivity index (χ0n) is 14.3. The van der Waals surface area contributed by atoms with Crippen molar-refractivity contribution in [2.24, 2.45) is 5.73 Å². The van der Waals surface area contributed by atoms with Crippen molar-refractivity contribution in [3.8, 4) is 10.6 Å². The molecule has 0 saturated heterocycles. The number of nitrogens with zero attached hydrogens (tertiary/aromatic N) is 1. The highest BCUT2D eigenvalue weighted by Gasteiger charge is 2.08. The maximum absolute atomic E-state index is 11.9. The van der Waals surface area contributed by atoms with Crippen molar-refractivity contribution in [3.63, 3.8) is 0 Å². The van der Waals surface area contributed by atoms with Crippen molar-refractivity contribution in [2.75, 3.05) is 16.8 Å². The number of aromatic nitrogens is 1. The van der Waals surface area contributed by atoms with Gasteiger partial charge in [0.2, 0.25) is 11.8 Å². The first-order chi connectivity index (χ1) is 12.5. The Morgan fingerprint density at radius 1 is 1.19 bits per heavy atom. The lowest BCUT2D eigenvalue weighted by atomic mass is 10.2. The predicted octanol–water partition coefficient (Wildman–Crippen LogP) is 3.82. The summed E-state index contributed by atoms with van der Waals surface area (Å²) in [6.07, 6.45) is 0.344. The Bertz CT molecular complexity index is 936. The van der Waals surface area contributed by atoms with Gasteiger partial charge < -0.3 is 11.1 Å². The highest BCUT2D eigenvalue weighted by atomic mass is 32.2. The van der Waals surface area contributed by atoms with Crippen LogP contribution in [-0.2, 0) is 9.59 Å². The van der Waals surface area contributed by atoms with E-state index in [0.29, 0.717) is 12.2 Å². The molecule has 1 heterocycles. The van der Waals surface area contributed by atoms with Gasteiger partial charge in [0.25, 0.3) is 0 Å². The molecule has 0 unspecified atom stereocenters. The van der Waals surface area contributed by atoms with E-state index >= 15 is 0 Å². The highest BCUT2D eigenvalue weighted by Crippen LogP contribution is 2.31. The molecule has 0 aliphatic carbocycles. The van der Waals surface area contributed by atoms with E-state index in [0.717, 1.165) is 21.8 Å². The molecule has 3 rings (SSSR count). The number of fused-ring (bicyclic) bond motifs is 1. The molecule has 1 aromatic heterocycles. The van der Waals surface area contributed by atoms with Crippen LogP contribution in [0.5, 0.6) is 0 Å². The summed E-state index contributed by atoms with van der Waals surface area (Å²) in [5.74, 6) is 0.364. The van der Waals surface area contributed by atoms with E-state index in [-0.39, 0.29) is 17.6 Å². The zero-order chi connectivity index (χ0) is 18.5. The van der Waals surface area contributed by atoms with Crippen LogP contribution in [0.15, 0.2) is 42.5 Å². The molecule has 0 saturated carbocycles. The maximum Gasteiger partial charge on any atom is 0.227 e. The molecule has 0 aliphatic heterocycles. The number of nitrogens with two attached hydrogens (primary N) is 1. The van der Waals surface area contributed by atoms with Gasteiger partial charge in [-0.25, -0.2) is 4.98 Å². The number of amides is 2. The third-order valence-electron chi connectivity index (χ3n) is 3.68. The maximum atomic E-state index is 11.9. The third kappa shape index (κ3) is 4.83. The van der Waals surface area contributed by atoms with Gasteiger partial charge in [-0.3, -0.25) is 9.59 Å². The molecular weight excluding hydrogens is 366 g/mol. The van der Waals surface area contributed by atoms with Crippen molar-refractivity contribution < 1.29 is 9.59 Å². The Morgan fingerprint density at radius 3 is 2.69 bits per heavy atom. The van der Waals surface area contributed by atoms with Crippen LogP contribution >= 0.6 is 23.1 Å². The number of carbonyl (C=O) groups excluding carboxylic acids is 2. The number of carbonyl (C=O) groups is 2. The highest BCUT2D eigenvalue weighted by molar-refractivity contribution is 7.99. The minimum atomic E-state index is -0.365. The number of benzene rings is 2. The average Bonchev–Trinajstić information content (AvgIpc) is 3.02. The van der Waals surface area contributed by atoms with E-state index in [1.54, 1.807) is 11.3 Å². The number of nitrogens with one attached hydrogen (secondary N) is 1. The number of thiazole rings is 1. The smallest absolute Gasteiger partial charge is 0.227 e. The number of aryl methyl sites for hydroxylation is 1. The molecule has 0 fully saturated rings. The third-order valence-corrected chi connectivity index (χ3v) is 5.73. The molecular formula is C19H19N3O2S2. The minimum Gasteiger partial charge on any atom is -0.369 e. The summed E-state index contributed by atoms with van der Waals surface area (Å²) in [6.45, 7) is 2.07. The molecule has 5 nitrogen and oxygen atoms in total. The summed E-state index contributed by atoms with van der Waals surface area (Å²) in [7, 11) is 0. The van der Waals surface area contributed by atoms with Gasteiger partial charge in [-0.2, -0.15) is 11.8 Å². The number of primary amides is 1. The fraction of sp³-hybridized carbons (Fsp3) is 0.211. The van der Waals surface area contributed by atoms with E-state index in [4.69, 9.17) is 5.73 Å². The number of anilines is 1. The molecule has 0 bridgehead atoms. The molecule has 26 heavy (non-hydrogen) atoms. The second-order valence-electron chi connectivity index (χ2n) is 5.88. The van der Waals surface area contributed by atoms with Crippen molar-refractivity contribution in [1.29, 1.82) is 0 Å². The van der Waals surface area contributed by atoms with Crippen LogP contribution in [0.2, 0.25) is 0 Å². The molecule has 2 amide bonds. The van der Waals surface area contributed by atoms with Crippen LogP contribution in [0.1, 0.15) is 12.0 Å². The number of thioether (sulfide) groups is 1. The summed E-state index contributed by atoms with van der Waals surface area (Å²) in [4.78, 5) is 27.2. The summed E-state index contributed by atoms with van der Waals surface area (Å²) < 4.78 is 1.17. The van der Waals surface area contributed by atoms with Crippen LogP contribution in [0, 0.1) is 6.92 Å². The molecule has 0 aliphatic rings. The van der Waals surface area contributed by atoms with Crippen LogP contribution in [0.3, 0.4) is 0 Å². The van der Waals surface area contributed by atoms with Gasteiger partial charge in [-0.15, -0.1) is 11.3 Å². The Hall–Kier alpha value is -2.38. The van der Waals surface area contributed by atoms with E-state index in [9.17, 15) is 9.59 Å². The molecule has 0 spiro atoms. The molecule has 2 aromatic carbocycles. The van der Waals surface area contributed by atoms with Gasteiger partial charge in [-0.1, -0.05) is 6.07 Å². The fourth-order valence-corrected chi connectivity index (χ4v) is 4.16. The lowest BCUT2D eigenvalue weighted by molar-refractivity contribution is -0.116.